The van der Waals surface area contributed by atoms with Gasteiger partial charge in [-0.1, -0.05) is 6.07 Å². The number of ether oxygens (including phenoxy) is 1. The SMILES string of the molecule is COc1c(C)cc(C)cc1/C(O)=C1/C(=O)C(=O)N(Cc2ccco2)C1c1ccco1. The van der Waals surface area contributed by atoms with Gasteiger partial charge in [-0.15, -0.1) is 0 Å². The maximum atomic E-state index is 13.0. The summed E-state index contributed by atoms with van der Waals surface area (Å²) in [7, 11) is 1.49. The molecule has 0 spiro atoms. The molecule has 30 heavy (non-hydrogen) atoms. The molecule has 1 amide bonds. The van der Waals surface area contributed by atoms with E-state index in [1.165, 1.54) is 24.5 Å². The minimum absolute atomic E-state index is 0.0511. The van der Waals surface area contributed by atoms with Crippen LogP contribution in [0.25, 0.3) is 5.76 Å². The minimum atomic E-state index is -0.893. The quantitative estimate of drug-likeness (QED) is 0.389. The van der Waals surface area contributed by atoms with Crippen LogP contribution in [0.4, 0.5) is 0 Å². The Morgan fingerprint density at radius 2 is 1.87 bits per heavy atom. The van der Waals surface area contributed by atoms with Crippen molar-refractivity contribution in [1.29, 1.82) is 0 Å². The molecule has 1 aromatic carbocycles. The molecule has 0 bridgehead atoms. The highest BCUT2D eigenvalue weighted by molar-refractivity contribution is 6.46. The Hall–Kier alpha value is -3.74. The average molecular weight is 407 g/mol. The number of methoxy groups -OCH3 is 1. The predicted octanol–water partition coefficient (Wildman–Crippen LogP) is 4.12. The van der Waals surface area contributed by atoms with Gasteiger partial charge in [0.15, 0.2) is 0 Å². The number of rotatable bonds is 5. The molecule has 1 atom stereocenters. The molecular formula is C23H21NO6. The van der Waals surface area contributed by atoms with Crippen molar-refractivity contribution in [3.8, 4) is 5.75 Å². The molecule has 0 saturated carbocycles. The summed E-state index contributed by atoms with van der Waals surface area (Å²) in [6.07, 6.45) is 2.95. The molecule has 2 aromatic heterocycles. The van der Waals surface area contributed by atoms with E-state index in [-0.39, 0.29) is 17.9 Å². The highest BCUT2D eigenvalue weighted by Crippen LogP contribution is 2.42. The summed E-state index contributed by atoms with van der Waals surface area (Å²) in [5, 5.41) is 11.2. The molecular weight excluding hydrogens is 386 g/mol. The van der Waals surface area contributed by atoms with E-state index >= 15 is 0 Å². The fraction of sp³-hybridized carbons (Fsp3) is 0.217. The van der Waals surface area contributed by atoms with E-state index in [4.69, 9.17) is 13.6 Å². The number of amides is 1. The molecule has 4 rings (SSSR count). The predicted molar refractivity (Wildman–Crippen MR) is 108 cm³/mol. The first-order chi connectivity index (χ1) is 14.4. The fourth-order valence-corrected chi connectivity index (χ4v) is 3.90. The van der Waals surface area contributed by atoms with Crippen molar-refractivity contribution in [2.45, 2.75) is 26.4 Å². The zero-order chi connectivity index (χ0) is 21.4. The molecule has 7 heteroatoms. The van der Waals surface area contributed by atoms with Gasteiger partial charge in [0.2, 0.25) is 0 Å². The zero-order valence-electron chi connectivity index (χ0n) is 16.8. The lowest BCUT2D eigenvalue weighted by atomic mass is 9.96. The molecule has 7 nitrogen and oxygen atoms in total. The highest BCUT2D eigenvalue weighted by Gasteiger charge is 2.48. The van der Waals surface area contributed by atoms with Crippen molar-refractivity contribution in [1.82, 2.24) is 4.90 Å². The monoisotopic (exact) mass is 407 g/mol. The summed E-state index contributed by atoms with van der Waals surface area (Å²) in [5.41, 5.74) is 1.99. The number of furan rings is 2. The Labute approximate surface area is 173 Å². The van der Waals surface area contributed by atoms with Crippen LogP contribution in [0.3, 0.4) is 0 Å². The third kappa shape index (κ3) is 3.18. The van der Waals surface area contributed by atoms with Crippen molar-refractivity contribution >= 4 is 17.4 Å². The van der Waals surface area contributed by atoms with Crippen LogP contribution in [0, 0.1) is 13.8 Å². The first-order valence-electron chi connectivity index (χ1n) is 9.42. The largest absolute Gasteiger partial charge is 0.507 e. The number of aliphatic hydroxyl groups excluding tert-OH is 1. The summed E-state index contributed by atoms with van der Waals surface area (Å²) in [6.45, 7) is 3.79. The Balaban J connectivity index is 1.91. The molecule has 154 valence electrons. The molecule has 1 N–H and O–H groups in total. The van der Waals surface area contributed by atoms with E-state index in [0.717, 1.165) is 11.1 Å². The summed E-state index contributed by atoms with van der Waals surface area (Å²) in [5.74, 6) is -0.517. The molecule has 1 aliphatic rings. The Kier molecular flexibility index (Phi) is 4.95. The second-order valence-electron chi connectivity index (χ2n) is 7.18. The van der Waals surface area contributed by atoms with Crippen LogP contribution >= 0.6 is 0 Å². The molecule has 3 heterocycles. The normalized spacial score (nSPS) is 18.2. The van der Waals surface area contributed by atoms with Gasteiger partial charge in [0.05, 0.1) is 37.3 Å². The van der Waals surface area contributed by atoms with Gasteiger partial charge in [0, 0.05) is 0 Å². The van der Waals surface area contributed by atoms with Gasteiger partial charge in [0.25, 0.3) is 11.7 Å². The van der Waals surface area contributed by atoms with Gasteiger partial charge in [-0.25, -0.2) is 0 Å². The van der Waals surface area contributed by atoms with Gasteiger partial charge >= 0.3 is 0 Å². The van der Waals surface area contributed by atoms with Gasteiger partial charge in [-0.2, -0.15) is 0 Å². The number of Topliss-reactive ketones (excluding diaryl/α,β-unsaturated/α-hetero) is 1. The third-order valence-corrected chi connectivity index (χ3v) is 5.14. The molecule has 1 fully saturated rings. The van der Waals surface area contributed by atoms with Gasteiger partial charge < -0.3 is 23.6 Å². The topological polar surface area (TPSA) is 93.1 Å². The van der Waals surface area contributed by atoms with E-state index in [1.54, 1.807) is 30.3 Å². The van der Waals surface area contributed by atoms with Crippen molar-refractivity contribution in [3.05, 3.63) is 82.7 Å². The lowest BCUT2D eigenvalue weighted by Gasteiger charge is -2.22. The summed E-state index contributed by atoms with van der Waals surface area (Å²) >= 11 is 0. The zero-order valence-corrected chi connectivity index (χ0v) is 16.8. The van der Waals surface area contributed by atoms with Crippen LogP contribution in [0.2, 0.25) is 0 Å². The van der Waals surface area contributed by atoms with Crippen LogP contribution in [0.1, 0.15) is 34.3 Å². The number of carbonyl (C=O) groups excluding carboxylic acids is 2. The number of hydrogen-bond acceptors (Lipinski definition) is 6. The number of nitrogens with zero attached hydrogens (tertiary/aromatic N) is 1. The van der Waals surface area contributed by atoms with E-state index in [2.05, 4.69) is 0 Å². The third-order valence-electron chi connectivity index (χ3n) is 5.14. The number of aliphatic hydroxyl groups is 1. The second-order valence-corrected chi connectivity index (χ2v) is 7.18. The van der Waals surface area contributed by atoms with Crippen molar-refractivity contribution in [3.63, 3.8) is 0 Å². The molecule has 0 radical (unpaired) electrons. The summed E-state index contributed by atoms with van der Waals surface area (Å²) < 4.78 is 16.4. The fourth-order valence-electron chi connectivity index (χ4n) is 3.90. The molecule has 1 saturated heterocycles. The number of aryl methyl sites for hydroxylation is 2. The lowest BCUT2D eigenvalue weighted by Crippen LogP contribution is -2.28. The standard InChI is InChI=1S/C23H21NO6/c1-13-10-14(2)22(28-3)16(11-13)20(25)18-19(17-7-5-9-30-17)24(23(27)21(18)26)12-15-6-4-8-29-15/h4-11,19,25H,12H2,1-3H3/b20-18-. The molecule has 0 aliphatic carbocycles. The molecule has 1 aliphatic heterocycles. The highest BCUT2D eigenvalue weighted by atomic mass is 16.5. The first-order valence-corrected chi connectivity index (χ1v) is 9.42. The van der Waals surface area contributed by atoms with Gasteiger partial charge in [-0.3, -0.25) is 9.59 Å². The Morgan fingerprint density at radius 1 is 1.13 bits per heavy atom. The maximum Gasteiger partial charge on any atom is 0.296 e. The lowest BCUT2D eigenvalue weighted by molar-refractivity contribution is -0.140. The van der Waals surface area contributed by atoms with Crippen molar-refractivity contribution < 1.29 is 28.3 Å². The first kappa shape index (κ1) is 19.6. The smallest absolute Gasteiger partial charge is 0.296 e. The maximum absolute atomic E-state index is 13.0. The van der Waals surface area contributed by atoms with Crippen LogP contribution in [0.5, 0.6) is 5.75 Å². The number of hydrogen-bond donors (Lipinski definition) is 1. The van der Waals surface area contributed by atoms with Gasteiger partial charge in [0.1, 0.15) is 29.1 Å². The Morgan fingerprint density at radius 3 is 2.50 bits per heavy atom. The number of benzene rings is 1. The van der Waals surface area contributed by atoms with E-state index < -0.39 is 17.7 Å². The number of likely N-dealkylation sites (tertiary alicyclic amines) is 1. The van der Waals surface area contributed by atoms with E-state index in [9.17, 15) is 14.7 Å². The van der Waals surface area contributed by atoms with E-state index in [1.807, 2.05) is 19.9 Å². The van der Waals surface area contributed by atoms with Gasteiger partial charge in [-0.05, 0) is 55.3 Å². The minimum Gasteiger partial charge on any atom is -0.507 e. The molecule has 3 aromatic rings. The molecule has 1 unspecified atom stereocenters. The van der Waals surface area contributed by atoms with E-state index in [0.29, 0.717) is 22.8 Å². The number of carbonyl (C=O) groups is 2. The Bertz CT molecular complexity index is 1120. The van der Waals surface area contributed by atoms with Crippen molar-refractivity contribution in [2.24, 2.45) is 0 Å². The average Bonchev–Trinajstić information content (AvgIpc) is 3.46. The van der Waals surface area contributed by atoms with Crippen LogP contribution in [-0.4, -0.2) is 28.8 Å². The number of ketones is 1. The summed E-state index contributed by atoms with van der Waals surface area (Å²) in [6, 6.07) is 9.49. The van der Waals surface area contributed by atoms with Crippen LogP contribution in [0.15, 0.2) is 63.3 Å². The van der Waals surface area contributed by atoms with Crippen LogP contribution < -0.4 is 4.74 Å². The van der Waals surface area contributed by atoms with Crippen molar-refractivity contribution in [2.75, 3.05) is 7.11 Å². The van der Waals surface area contributed by atoms with Crippen LogP contribution in [-0.2, 0) is 16.1 Å². The second kappa shape index (κ2) is 7.59. The summed E-state index contributed by atoms with van der Waals surface area (Å²) in [4.78, 5) is 27.2.